The summed E-state index contributed by atoms with van der Waals surface area (Å²) in [5.41, 5.74) is 0. The fourth-order valence-electron chi connectivity index (χ4n) is 8.76. The van der Waals surface area contributed by atoms with Gasteiger partial charge in [0, 0.05) is 6.42 Å². The summed E-state index contributed by atoms with van der Waals surface area (Å²) in [6.07, 6.45) is 64.6. The van der Waals surface area contributed by atoms with Gasteiger partial charge < -0.3 is 28.8 Å². The van der Waals surface area contributed by atoms with Gasteiger partial charge in [-0.2, -0.15) is 0 Å². The first-order valence-electron chi connectivity index (χ1n) is 29.3. The fourth-order valence-corrected chi connectivity index (χ4v) is 9.48. The lowest BCUT2D eigenvalue weighted by atomic mass is 10.0. The van der Waals surface area contributed by atoms with Crippen molar-refractivity contribution in [2.45, 2.75) is 296 Å². The fraction of sp³-hybridized carbons (Fsp3) is 0.881. The molecule has 0 saturated heterocycles. The van der Waals surface area contributed by atoms with Crippen LogP contribution in [0.2, 0.25) is 0 Å². The van der Waals surface area contributed by atoms with Crippen LogP contribution in [0.3, 0.4) is 0 Å². The number of carbonyl (C=O) groups is 1. The van der Waals surface area contributed by atoms with Crippen molar-refractivity contribution in [2.75, 3.05) is 40.9 Å². The topological polar surface area (TPSA) is 108 Å². The molecular weight excluding hydrogens is 864 g/mol. The predicted molar refractivity (Wildman–Crippen MR) is 293 cm³/mol. The van der Waals surface area contributed by atoms with Gasteiger partial charge in [-0.05, 0) is 51.4 Å². The molecule has 0 aliphatic rings. The van der Waals surface area contributed by atoms with Gasteiger partial charge in [-0.1, -0.05) is 262 Å². The van der Waals surface area contributed by atoms with Crippen LogP contribution in [-0.4, -0.2) is 68.5 Å². The van der Waals surface area contributed by atoms with E-state index in [-0.39, 0.29) is 19.1 Å². The number of carbonyl (C=O) groups excluding carboxylic acids is 1. The van der Waals surface area contributed by atoms with E-state index in [1.165, 1.54) is 199 Å². The average molecular weight is 980 g/mol. The summed E-state index contributed by atoms with van der Waals surface area (Å²) in [6.45, 7) is 4.74. The number of aliphatic hydroxyl groups excluding tert-OH is 1. The quantitative estimate of drug-likeness (QED) is 0.0272. The second kappa shape index (κ2) is 50.7. The number of quaternary nitrogens is 1. The highest BCUT2D eigenvalue weighted by molar-refractivity contribution is 7.45. The molecule has 0 aliphatic carbocycles. The molecule has 0 fully saturated rings. The van der Waals surface area contributed by atoms with E-state index >= 15 is 0 Å². The number of nitrogens with zero attached hydrogens (tertiary/aromatic N) is 1. The zero-order valence-electron chi connectivity index (χ0n) is 45.8. The largest absolute Gasteiger partial charge is 0.756 e. The number of nitrogens with one attached hydrogen (secondary N) is 1. The van der Waals surface area contributed by atoms with Crippen molar-refractivity contribution in [2.24, 2.45) is 0 Å². The van der Waals surface area contributed by atoms with Crippen LogP contribution in [0.1, 0.15) is 284 Å². The molecule has 68 heavy (non-hydrogen) atoms. The zero-order chi connectivity index (χ0) is 49.9. The van der Waals surface area contributed by atoms with Gasteiger partial charge in [-0.15, -0.1) is 0 Å². The molecule has 0 aliphatic heterocycles. The smallest absolute Gasteiger partial charge is 0.268 e. The van der Waals surface area contributed by atoms with Gasteiger partial charge in [0.05, 0.1) is 39.9 Å². The van der Waals surface area contributed by atoms with Crippen molar-refractivity contribution < 1.29 is 32.9 Å². The predicted octanol–water partition coefficient (Wildman–Crippen LogP) is 17.1. The number of rotatable bonds is 54. The van der Waals surface area contributed by atoms with Gasteiger partial charge in [0.1, 0.15) is 13.2 Å². The number of hydrogen-bond donors (Lipinski definition) is 2. The van der Waals surface area contributed by atoms with Crippen LogP contribution in [0, 0.1) is 0 Å². The normalized spacial score (nSPS) is 14.2. The van der Waals surface area contributed by atoms with E-state index in [0.29, 0.717) is 23.9 Å². The maximum absolute atomic E-state index is 13.0. The van der Waals surface area contributed by atoms with Crippen molar-refractivity contribution in [3.05, 3.63) is 36.5 Å². The highest BCUT2D eigenvalue weighted by Gasteiger charge is 2.24. The lowest BCUT2D eigenvalue weighted by Crippen LogP contribution is -2.46. The van der Waals surface area contributed by atoms with Crippen molar-refractivity contribution >= 4 is 13.7 Å². The molecule has 3 atom stereocenters. The summed E-state index contributed by atoms with van der Waals surface area (Å²) in [6, 6.07) is -0.806. The molecule has 0 heterocycles. The van der Waals surface area contributed by atoms with E-state index in [2.05, 4.69) is 55.6 Å². The third-order valence-electron chi connectivity index (χ3n) is 13.4. The SMILES string of the molecule is CCCCCCC/C=C\C/C=C\C/C=C\CCCCCCCCCCC(=O)NC(COP(=O)([O-])OCC[N+](C)(C)C)C(O)CCCCCCCCCCCCCCCCCCCCCCCCC. The van der Waals surface area contributed by atoms with E-state index in [1.807, 2.05) is 21.1 Å². The number of phosphoric acid groups is 1. The average Bonchev–Trinajstić information content (AvgIpc) is 3.30. The molecule has 0 radical (unpaired) electrons. The van der Waals surface area contributed by atoms with E-state index in [0.717, 1.165) is 57.8 Å². The highest BCUT2D eigenvalue weighted by Crippen LogP contribution is 2.38. The second-order valence-electron chi connectivity index (χ2n) is 21.4. The first-order chi connectivity index (χ1) is 33.0. The Balaban J connectivity index is 4.18. The minimum Gasteiger partial charge on any atom is -0.756 e. The molecule has 0 aromatic heterocycles. The molecule has 8 nitrogen and oxygen atoms in total. The van der Waals surface area contributed by atoms with Crippen LogP contribution in [0.25, 0.3) is 0 Å². The molecule has 402 valence electrons. The van der Waals surface area contributed by atoms with Crippen LogP contribution in [-0.2, 0) is 18.4 Å². The molecule has 0 saturated carbocycles. The number of amides is 1. The Labute approximate surface area is 423 Å². The van der Waals surface area contributed by atoms with E-state index in [9.17, 15) is 19.4 Å². The number of allylic oxidation sites excluding steroid dienone is 6. The molecule has 9 heteroatoms. The third-order valence-corrected chi connectivity index (χ3v) is 14.3. The monoisotopic (exact) mass is 979 g/mol. The Hall–Kier alpha value is -1.28. The Morgan fingerprint density at radius 1 is 0.515 bits per heavy atom. The van der Waals surface area contributed by atoms with E-state index < -0.39 is 20.0 Å². The standard InChI is InChI=1S/C59H115N2O6P/c1-6-8-10-12-14-16-18-20-22-24-26-28-30-32-34-36-38-40-42-44-46-48-50-52-58(62)57(56-67-68(64,65)66-55-54-61(3,4)5)60-59(63)53-51-49-47-45-43-41-39-37-35-33-31-29-27-25-23-21-19-17-15-13-11-9-7-2/h19,21,25,27,31,33,57-58,62H,6-18,20,22-24,26,28-30,32,34-56H2,1-5H3,(H-,60,63,64,65)/b21-19-,27-25-,33-31-. The molecule has 2 N–H and O–H groups in total. The van der Waals surface area contributed by atoms with Crippen molar-refractivity contribution in [3.8, 4) is 0 Å². The number of hydrogen-bond acceptors (Lipinski definition) is 6. The van der Waals surface area contributed by atoms with Gasteiger partial charge >= 0.3 is 0 Å². The first kappa shape index (κ1) is 66.7. The Kier molecular flexibility index (Phi) is 49.7. The lowest BCUT2D eigenvalue weighted by Gasteiger charge is -2.30. The Morgan fingerprint density at radius 3 is 1.24 bits per heavy atom. The number of unbranched alkanes of at least 4 members (excludes halogenated alkanes) is 35. The van der Waals surface area contributed by atoms with E-state index in [1.54, 1.807) is 0 Å². The molecule has 0 bridgehead atoms. The van der Waals surface area contributed by atoms with Crippen LogP contribution in [0.15, 0.2) is 36.5 Å². The highest BCUT2D eigenvalue weighted by atomic mass is 31.2. The molecule has 1 amide bonds. The molecule has 0 aromatic carbocycles. The van der Waals surface area contributed by atoms with Crippen LogP contribution >= 0.6 is 7.82 Å². The first-order valence-corrected chi connectivity index (χ1v) is 30.8. The summed E-state index contributed by atoms with van der Waals surface area (Å²) in [4.78, 5) is 25.5. The molecule has 0 aromatic rings. The maximum atomic E-state index is 13.0. The van der Waals surface area contributed by atoms with Gasteiger partial charge in [0.15, 0.2) is 0 Å². The summed E-state index contributed by atoms with van der Waals surface area (Å²) in [7, 11) is 1.31. The minimum absolute atomic E-state index is 0.0106. The summed E-state index contributed by atoms with van der Waals surface area (Å²) < 4.78 is 23.4. The molecule has 0 rings (SSSR count). The third kappa shape index (κ3) is 52.5. The lowest BCUT2D eigenvalue weighted by molar-refractivity contribution is -0.870. The maximum Gasteiger partial charge on any atom is 0.268 e. The van der Waals surface area contributed by atoms with Gasteiger partial charge in [0.25, 0.3) is 7.82 Å². The van der Waals surface area contributed by atoms with E-state index in [4.69, 9.17) is 9.05 Å². The molecule has 3 unspecified atom stereocenters. The summed E-state index contributed by atoms with van der Waals surface area (Å²) >= 11 is 0. The van der Waals surface area contributed by atoms with Crippen LogP contribution in [0.4, 0.5) is 0 Å². The van der Waals surface area contributed by atoms with Gasteiger partial charge in [-0.25, -0.2) is 0 Å². The van der Waals surface area contributed by atoms with Crippen molar-refractivity contribution in [1.29, 1.82) is 0 Å². The van der Waals surface area contributed by atoms with Gasteiger partial charge in [0.2, 0.25) is 5.91 Å². The number of aliphatic hydroxyl groups is 1. The zero-order valence-corrected chi connectivity index (χ0v) is 46.7. The van der Waals surface area contributed by atoms with Crippen LogP contribution in [0.5, 0.6) is 0 Å². The van der Waals surface area contributed by atoms with Crippen molar-refractivity contribution in [3.63, 3.8) is 0 Å². The minimum atomic E-state index is -4.58. The van der Waals surface area contributed by atoms with Crippen molar-refractivity contribution in [1.82, 2.24) is 5.32 Å². The van der Waals surface area contributed by atoms with Gasteiger partial charge in [-0.3, -0.25) is 9.36 Å². The molecular formula is C59H115N2O6P. The Bertz CT molecular complexity index is 1200. The Morgan fingerprint density at radius 2 is 0.853 bits per heavy atom. The number of likely N-dealkylation sites (N-methyl/N-ethyl adjacent to an activating group) is 1. The summed E-state index contributed by atoms with van der Waals surface area (Å²) in [5, 5.41) is 14.0. The molecule has 0 spiro atoms. The number of phosphoric ester groups is 1. The second-order valence-corrected chi connectivity index (χ2v) is 22.8. The summed E-state index contributed by atoms with van der Waals surface area (Å²) in [5.74, 6) is -0.169. The van der Waals surface area contributed by atoms with Crippen LogP contribution < -0.4 is 10.2 Å².